The molecule has 0 aliphatic rings. The predicted octanol–water partition coefficient (Wildman–Crippen LogP) is 4.59. The summed E-state index contributed by atoms with van der Waals surface area (Å²) in [4.78, 5) is 28.9. The molecular formula is C23H16F6N4O2. The minimum atomic E-state index is -4.79. The van der Waals surface area contributed by atoms with E-state index in [1.54, 1.807) is 18.2 Å². The Kier molecular flexibility index (Phi) is 6.14. The zero-order valence-corrected chi connectivity index (χ0v) is 17.7. The van der Waals surface area contributed by atoms with Crippen molar-refractivity contribution in [3.05, 3.63) is 93.5 Å². The molecule has 1 amide bonds. The Morgan fingerprint density at radius 2 is 1.60 bits per heavy atom. The van der Waals surface area contributed by atoms with Crippen LogP contribution >= 0.6 is 0 Å². The monoisotopic (exact) mass is 494 g/mol. The molecule has 0 atom stereocenters. The van der Waals surface area contributed by atoms with Gasteiger partial charge in [-0.2, -0.15) is 26.3 Å². The number of H-pyrrole nitrogens is 1. The first-order valence-corrected chi connectivity index (χ1v) is 10.1. The lowest BCUT2D eigenvalue weighted by atomic mass is 10.1. The van der Waals surface area contributed by atoms with Gasteiger partial charge in [0.2, 0.25) is 5.91 Å². The van der Waals surface area contributed by atoms with Gasteiger partial charge in [0.15, 0.2) is 5.65 Å². The molecule has 182 valence electrons. The van der Waals surface area contributed by atoms with E-state index in [-0.39, 0.29) is 35.4 Å². The Morgan fingerprint density at radius 1 is 0.943 bits per heavy atom. The molecule has 6 nitrogen and oxygen atoms in total. The number of hydrogen-bond acceptors (Lipinski definition) is 3. The van der Waals surface area contributed by atoms with Crippen LogP contribution in [0.1, 0.15) is 22.5 Å². The highest BCUT2D eigenvalue weighted by molar-refractivity contribution is 5.81. The van der Waals surface area contributed by atoms with Crippen molar-refractivity contribution in [2.24, 2.45) is 0 Å². The van der Waals surface area contributed by atoms with E-state index < -0.39 is 35.1 Å². The van der Waals surface area contributed by atoms with Crippen molar-refractivity contribution >= 4 is 11.6 Å². The molecule has 0 saturated heterocycles. The number of carbonyl (C=O) groups excluding carboxylic acids is 1. The number of nitrogens with one attached hydrogen (secondary N) is 2. The van der Waals surface area contributed by atoms with Crippen LogP contribution < -0.4 is 10.9 Å². The van der Waals surface area contributed by atoms with E-state index in [1.807, 2.05) is 0 Å². The largest absolute Gasteiger partial charge is 0.433 e. The zero-order valence-electron chi connectivity index (χ0n) is 17.7. The third-order valence-corrected chi connectivity index (χ3v) is 5.13. The lowest BCUT2D eigenvalue weighted by Crippen LogP contribution is -2.26. The third kappa shape index (κ3) is 5.20. The molecular weight excluding hydrogens is 478 g/mol. The van der Waals surface area contributed by atoms with Crippen molar-refractivity contribution in [2.75, 3.05) is 0 Å². The van der Waals surface area contributed by atoms with E-state index in [2.05, 4.69) is 15.4 Å². The Labute approximate surface area is 193 Å². The summed E-state index contributed by atoms with van der Waals surface area (Å²) in [6.07, 6.45) is -9.53. The van der Waals surface area contributed by atoms with Crippen LogP contribution in [0.4, 0.5) is 26.3 Å². The summed E-state index contributed by atoms with van der Waals surface area (Å²) in [5.74, 6) is -0.569. The molecule has 2 aromatic heterocycles. The molecule has 0 spiro atoms. The minimum Gasteiger partial charge on any atom is -0.350 e. The molecule has 0 saturated carbocycles. The van der Waals surface area contributed by atoms with Gasteiger partial charge < -0.3 is 5.32 Å². The van der Waals surface area contributed by atoms with Crippen LogP contribution in [0.2, 0.25) is 0 Å². The number of nitrogens with zero attached hydrogens (tertiary/aromatic N) is 2. The molecule has 4 aromatic rings. The number of rotatable bonds is 5. The number of amides is 1. The normalized spacial score (nSPS) is 12.2. The van der Waals surface area contributed by atoms with E-state index >= 15 is 0 Å². The Balaban J connectivity index is 1.59. The number of alkyl halides is 6. The van der Waals surface area contributed by atoms with Crippen LogP contribution in [0.3, 0.4) is 0 Å². The average molecular weight is 494 g/mol. The zero-order chi connectivity index (χ0) is 25.4. The van der Waals surface area contributed by atoms with Crippen molar-refractivity contribution in [1.82, 2.24) is 19.9 Å². The van der Waals surface area contributed by atoms with Crippen molar-refractivity contribution < 1.29 is 31.1 Å². The molecule has 0 aliphatic carbocycles. The number of fused-ring (bicyclic) bond motifs is 1. The predicted molar refractivity (Wildman–Crippen MR) is 113 cm³/mol. The van der Waals surface area contributed by atoms with Crippen LogP contribution in [0, 0.1) is 0 Å². The molecule has 0 radical (unpaired) electrons. The highest BCUT2D eigenvalue weighted by Crippen LogP contribution is 2.38. The summed E-state index contributed by atoms with van der Waals surface area (Å²) in [5.41, 5.74) is -2.85. The van der Waals surface area contributed by atoms with E-state index in [0.717, 1.165) is 18.2 Å². The second-order valence-corrected chi connectivity index (χ2v) is 7.62. The standard InChI is InChI=1S/C23H16F6N4O2/c24-22(25,26)15-8-6-13(7-9-15)10-17(34)30-12-16-11-18(35)33-21(31-16)19(14-4-2-1-3-5-14)20(32-33)23(27,28)29/h1-9,11,32H,10,12H2,(H,30,34). The van der Waals surface area contributed by atoms with Gasteiger partial charge in [0.1, 0.15) is 5.69 Å². The van der Waals surface area contributed by atoms with Gasteiger partial charge in [0, 0.05) is 6.07 Å². The van der Waals surface area contributed by atoms with Crippen LogP contribution in [-0.2, 0) is 30.1 Å². The fourth-order valence-corrected chi connectivity index (χ4v) is 3.51. The minimum absolute atomic E-state index is 0.0145. The number of hydrogen-bond donors (Lipinski definition) is 2. The molecule has 12 heteroatoms. The molecule has 0 unspecified atom stereocenters. The fourth-order valence-electron chi connectivity index (χ4n) is 3.51. The molecule has 2 heterocycles. The van der Waals surface area contributed by atoms with Gasteiger partial charge >= 0.3 is 12.4 Å². The van der Waals surface area contributed by atoms with E-state index in [9.17, 15) is 35.9 Å². The molecule has 0 fully saturated rings. The number of carbonyl (C=O) groups is 1. The quantitative estimate of drug-likeness (QED) is 0.399. The van der Waals surface area contributed by atoms with Gasteiger partial charge in [-0.3, -0.25) is 14.7 Å². The first-order valence-electron chi connectivity index (χ1n) is 10.1. The van der Waals surface area contributed by atoms with Crippen LogP contribution in [0.5, 0.6) is 0 Å². The molecule has 0 aliphatic heterocycles. The maximum absolute atomic E-state index is 13.7. The molecule has 35 heavy (non-hydrogen) atoms. The first kappa shape index (κ1) is 24.0. The lowest BCUT2D eigenvalue weighted by molar-refractivity contribution is -0.141. The summed E-state index contributed by atoms with van der Waals surface area (Å²) in [6, 6.07) is 12.6. The van der Waals surface area contributed by atoms with E-state index in [1.165, 1.54) is 24.3 Å². The van der Waals surface area contributed by atoms with Crippen molar-refractivity contribution in [2.45, 2.75) is 25.3 Å². The van der Waals surface area contributed by atoms with Crippen LogP contribution in [0.25, 0.3) is 16.8 Å². The Bertz CT molecular complexity index is 1420. The van der Waals surface area contributed by atoms with Crippen LogP contribution in [-0.4, -0.2) is 20.5 Å². The van der Waals surface area contributed by atoms with Crippen molar-refractivity contribution in [3.63, 3.8) is 0 Å². The number of aromatic nitrogens is 3. The molecule has 2 aromatic carbocycles. The van der Waals surface area contributed by atoms with Gasteiger partial charge in [-0.25, -0.2) is 9.50 Å². The third-order valence-electron chi connectivity index (χ3n) is 5.13. The second-order valence-electron chi connectivity index (χ2n) is 7.62. The summed E-state index contributed by atoms with van der Waals surface area (Å²) < 4.78 is 79.6. The van der Waals surface area contributed by atoms with Gasteiger partial charge in [-0.1, -0.05) is 42.5 Å². The SMILES string of the molecule is O=C(Cc1ccc(C(F)(F)F)cc1)NCc1cc(=O)n2[nH]c(C(F)(F)F)c(-c3ccccc3)c2n1. The molecule has 4 rings (SSSR count). The van der Waals surface area contributed by atoms with Gasteiger partial charge in [0.25, 0.3) is 5.56 Å². The van der Waals surface area contributed by atoms with Gasteiger partial charge in [-0.05, 0) is 23.3 Å². The Hall–Kier alpha value is -4.09. The Morgan fingerprint density at radius 3 is 2.20 bits per heavy atom. The summed E-state index contributed by atoms with van der Waals surface area (Å²) in [5, 5.41) is 4.54. The fraction of sp³-hybridized carbons (Fsp3) is 0.174. The number of aromatic amines is 1. The van der Waals surface area contributed by atoms with E-state index in [4.69, 9.17) is 0 Å². The molecule has 2 N–H and O–H groups in total. The van der Waals surface area contributed by atoms with E-state index in [0.29, 0.717) is 10.1 Å². The van der Waals surface area contributed by atoms with Crippen molar-refractivity contribution in [1.29, 1.82) is 0 Å². The van der Waals surface area contributed by atoms with Crippen molar-refractivity contribution in [3.8, 4) is 11.1 Å². The average Bonchev–Trinajstić information content (AvgIpc) is 3.19. The first-order chi connectivity index (χ1) is 16.4. The summed E-state index contributed by atoms with van der Waals surface area (Å²) >= 11 is 0. The topological polar surface area (TPSA) is 79.3 Å². The number of benzene rings is 2. The molecule has 0 bridgehead atoms. The maximum Gasteiger partial charge on any atom is 0.433 e. The summed E-state index contributed by atoms with van der Waals surface area (Å²) in [6.45, 7) is -0.272. The highest BCUT2D eigenvalue weighted by Gasteiger charge is 2.38. The van der Waals surface area contributed by atoms with Gasteiger partial charge in [0.05, 0.1) is 29.8 Å². The van der Waals surface area contributed by atoms with Crippen LogP contribution in [0.15, 0.2) is 65.5 Å². The summed E-state index contributed by atoms with van der Waals surface area (Å²) in [7, 11) is 0. The highest BCUT2D eigenvalue weighted by atomic mass is 19.4. The van der Waals surface area contributed by atoms with Gasteiger partial charge in [-0.15, -0.1) is 0 Å². The smallest absolute Gasteiger partial charge is 0.350 e. The lowest BCUT2D eigenvalue weighted by Gasteiger charge is -2.09. The maximum atomic E-state index is 13.7. The number of halogens is 6. The second kappa shape index (κ2) is 8.93.